The van der Waals surface area contributed by atoms with E-state index in [1.807, 2.05) is 20.8 Å². The number of carbonyl (C=O) groups is 1. The summed E-state index contributed by atoms with van der Waals surface area (Å²) in [4.78, 5) is 25.8. The summed E-state index contributed by atoms with van der Waals surface area (Å²) >= 11 is 0. The number of carbonyl (C=O) groups excluding carboxylic acids is 1. The highest BCUT2D eigenvalue weighted by Gasteiger charge is 2.34. The number of esters is 1. The lowest BCUT2D eigenvalue weighted by molar-refractivity contribution is -0.389. The fraction of sp³-hybridized carbons (Fsp3) is 0.692. The van der Waals surface area contributed by atoms with E-state index in [-0.39, 0.29) is 23.7 Å². The predicted octanol–water partition coefficient (Wildman–Crippen LogP) is 2.47. The molecule has 1 aromatic rings. The minimum absolute atomic E-state index is 0.0775. The van der Waals surface area contributed by atoms with Gasteiger partial charge in [-0.15, -0.1) is 0 Å². The van der Waals surface area contributed by atoms with Crippen LogP contribution < -0.4 is 0 Å². The Balaban J connectivity index is 1.98. The van der Waals surface area contributed by atoms with E-state index in [0.29, 0.717) is 6.42 Å². The van der Waals surface area contributed by atoms with Crippen LogP contribution in [0.3, 0.4) is 0 Å². The summed E-state index contributed by atoms with van der Waals surface area (Å²) in [6.45, 7) is 5.53. The average molecular weight is 281 g/mol. The first-order valence-electron chi connectivity index (χ1n) is 6.67. The van der Waals surface area contributed by atoms with Gasteiger partial charge >= 0.3 is 11.8 Å². The molecule has 0 aliphatic heterocycles. The van der Waals surface area contributed by atoms with Crippen molar-refractivity contribution in [3.8, 4) is 0 Å². The van der Waals surface area contributed by atoms with E-state index in [4.69, 9.17) is 4.74 Å². The molecule has 2 unspecified atom stereocenters. The van der Waals surface area contributed by atoms with Crippen LogP contribution >= 0.6 is 0 Å². The molecule has 1 aromatic heterocycles. The average Bonchev–Trinajstić information content (AvgIpc) is 2.95. The minimum Gasteiger partial charge on any atom is -0.460 e. The summed E-state index contributed by atoms with van der Waals surface area (Å²) < 4.78 is 7.10. The van der Waals surface area contributed by atoms with Gasteiger partial charge in [0, 0.05) is 6.04 Å². The van der Waals surface area contributed by atoms with Gasteiger partial charge < -0.3 is 19.4 Å². The second-order valence-electron chi connectivity index (χ2n) is 6.13. The highest BCUT2D eigenvalue weighted by molar-refractivity contribution is 5.73. The number of nitro groups is 1. The van der Waals surface area contributed by atoms with Crippen molar-refractivity contribution in [2.45, 2.75) is 51.7 Å². The van der Waals surface area contributed by atoms with Crippen LogP contribution in [0.5, 0.6) is 0 Å². The summed E-state index contributed by atoms with van der Waals surface area (Å²) in [5.74, 6) is -0.485. The molecule has 110 valence electrons. The van der Waals surface area contributed by atoms with E-state index < -0.39 is 10.5 Å². The van der Waals surface area contributed by atoms with Crippen LogP contribution in [-0.2, 0) is 9.53 Å². The molecular weight excluding hydrogens is 262 g/mol. The Morgan fingerprint density at radius 2 is 2.20 bits per heavy atom. The molecule has 7 nitrogen and oxygen atoms in total. The summed E-state index contributed by atoms with van der Waals surface area (Å²) in [7, 11) is 0. The molecule has 20 heavy (non-hydrogen) atoms. The van der Waals surface area contributed by atoms with Crippen molar-refractivity contribution in [3.05, 3.63) is 22.6 Å². The topological polar surface area (TPSA) is 87.3 Å². The lowest BCUT2D eigenvalue weighted by Gasteiger charge is -2.22. The second kappa shape index (κ2) is 5.22. The zero-order valence-corrected chi connectivity index (χ0v) is 11.9. The minimum atomic E-state index is -0.517. The Bertz CT molecular complexity index is 518. The van der Waals surface area contributed by atoms with E-state index in [1.165, 1.54) is 12.5 Å². The lowest BCUT2D eigenvalue weighted by Crippen LogP contribution is -2.27. The maximum absolute atomic E-state index is 12.0. The highest BCUT2D eigenvalue weighted by Crippen LogP contribution is 2.36. The Morgan fingerprint density at radius 1 is 1.50 bits per heavy atom. The van der Waals surface area contributed by atoms with Crippen molar-refractivity contribution >= 4 is 11.8 Å². The summed E-state index contributed by atoms with van der Waals surface area (Å²) in [6.07, 6.45) is 5.06. The number of hydrogen-bond donors (Lipinski definition) is 0. The highest BCUT2D eigenvalue weighted by atomic mass is 16.6. The maximum atomic E-state index is 12.0. The Hall–Kier alpha value is -1.92. The first-order chi connectivity index (χ1) is 9.26. The van der Waals surface area contributed by atoms with E-state index in [9.17, 15) is 14.9 Å². The number of aromatic nitrogens is 2. The zero-order valence-electron chi connectivity index (χ0n) is 11.9. The molecular formula is C13H19N3O4. The van der Waals surface area contributed by atoms with Gasteiger partial charge in [-0.25, -0.2) is 0 Å². The molecule has 1 fully saturated rings. The quantitative estimate of drug-likeness (QED) is 0.482. The molecule has 0 bridgehead atoms. The van der Waals surface area contributed by atoms with Gasteiger partial charge in [0.15, 0.2) is 0 Å². The fourth-order valence-electron chi connectivity index (χ4n) is 2.45. The van der Waals surface area contributed by atoms with Crippen molar-refractivity contribution in [1.82, 2.24) is 9.55 Å². The molecule has 1 saturated carbocycles. The van der Waals surface area contributed by atoms with E-state index >= 15 is 0 Å². The largest absolute Gasteiger partial charge is 0.460 e. The third kappa shape index (κ3) is 3.34. The van der Waals surface area contributed by atoms with E-state index in [2.05, 4.69) is 4.98 Å². The predicted molar refractivity (Wildman–Crippen MR) is 71.1 cm³/mol. The molecule has 1 aliphatic rings. The lowest BCUT2D eigenvalue weighted by atomic mass is 10.1. The first kappa shape index (κ1) is 14.5. The molecule has 0 N–H and O–H groups in total. The van der Waals surface area contributed by atoms with Crippen molar-refractivity contribution in [1.29, 1.82) is 0 Å². The molecule has 7 heteroatoms. The van der Waals surface area contributed by atoms with Crippen molar-refractivity contribution in [2.75, 3.05) is 0 Å². The van der Waals surface area contributed by atoms with Crippen molar-refractivity contribution < 1.29 is 14.5 Å². The molecule has 0 aromatic carbocycles. The molecule has 0 amide bonds. The van der Waals surface area contributed by atoms with Crippen LogP contribution in [0.2, 0.25) is 0 Å². The van der Waals surface area contributed by atoms with Gasteiger partial charge in [0.25, 0.3) is 0 Å². The molecule has 0 saturated heterocycles. The van der Waals surface area contributed by atoms with Crippen LogP contribution in [-0.4, -0.2) is 26.0 Å². The van der Waals surface area contributed by atoms with Crippen molar-refractivity contribution in [2.24, 2.45) is 5.92 Å². The summed E-state index contributed by atoms with van der Waals surface area (Å²) in [5.41, 5.74) is -0.483. The van der Waals surface area contributed by atoms with Crippen LogP contribution in [0.25, 0.3) is 0 Å². The number of hydrogen-bond acceptors (Lipinski definition) is 5. The monoisotopic (exact) mass is 281 g/mol. The van der Waals surface area contributed by atoms with Gasteiger partial charge in [-0.3, -0.25) is 4.79 Å². The molecule has 0 radical (unpaired) electrons. The van der Waals surface area contributed by atoms with E-state index in [1.54, 1.807) is 4.57 Å². The molecule has 1 heterocycles. The molecule has 0 spiro atoms. The standard InChI is InChI=1S/C13H19N3O4/c1-13(2,3)20-12(17)9-4-5-10(6-9)15-7-11(14-8-15)16(18)19/h7-10H,4-6H2,1-3H3. The van der Waals surface area contributed by atoms with Crippen LogP contribution in [0.1, 0.15) is 46.1 Å². The van der Waals surface area contributed by atoms with Crippen LogP contribution in [0.15, 0.2) is 12.5 Å². The maximum Gasteiger partial charge on any atom is 0.381 e. The zero-order chi connectivity index (χ0) is 14.9. The summed E-state index contributed by atoms with van der Waals surface area (Å²) in [5, 5.41) is 10.6. The van der Waals surface area contributed by atoms with E-state index in [0.717, 1.165) is 12.8 Å². The number of nitrogens with zero attached hydrogens (tertiary/aromatic N) is 3. The summed E-state index contributed by atoms with van der Waals surface area (Å²) in [6, 6.07) is 0.0775. The van der Waals surface area contributed by atoms with Gasteiger partial charge in [0.05, 0.1) is 5.92 Å². The third-order valence-electron chi connectivity index (χ3n) is 3.34. The Labute approximate surface area is 117 Å². The molecule has 2 atom stereocenters. The Morgan fingerprint density at radius 3 is 2.75 bits per heavy atom. The number of ether oxygens (including phenoxy) is 1. The molecule has 2 rings (SSSR count). The van der Waals surface area contributed by atoms with Crippen molar-refractivity contribution in [3.63, 3.8) is 0 Å². The van der Waals surface area contributed by atoms with Gasteiger partial charge in [-0.1, -0.05) is 0 Å². The van der Waals surface area contributed by atoms with Gasteiger partial charge in [0.1, 0.15) is 11.8 Å². The number of imidazole rings is 1. The Kier molecular flexibility index (Phi) is 3.78. The van der Waals surface area contributed by atoms with Gasteiger partial charge in [0.2, 0.25) is 6.33 Å². The van der Waals surface area contributed by atoms with Crippen LogP contribution in [0.4, 0.5) is 5.82 Å². The molecule has 1 aliphatic carbocycles. The SMILES string of the molecule is CC(C)(C)OC(=O)C1CCC(n2cnc([N+](=O)[O-])c2)C1. The smallest absolute Gasteiger partial charge is 0.381 e. The number of rotatable bonds is 3. The normalized spacial score (nSPS) is 22.8. The second-order valence-corrected chi connectivity index (χ2v) is 6.13. The fourth-order valence-corrected chi connectivity index (χ4v) is 2.45. The van der Waals surface area contributed by atoms with Crippen LogP contribution in [0, 0.1) is 16.0 Å². The first-order valence-corrected chi connectivity index (χ1v) is 6.67. The van der Waals surface area contributed by atoms with Gasteiger partial charge in [-0.05, 0) is 49.9 Å². The third-order valence-corrected chi connectivity index (χ3v) is 3.34. The van der Waals surface area contributed by atoms with Gasteiger partial charge in [-0.2, -0.15) is 0 Å².